The fourth-order valence-electron chi connectivity index (χ4n) is 2.65. The van der Waals surface area contributed by atoms with Gasteiger partial charge < -0.3 is 17.7 Å². The lowest BCUT2D eigenvalue weighted by Gasteiger charge is -2.31. The van der Waals surface area contributed by atoms with Crippen molar-refractivity contribution >= 4 is 12.4 Å². The molecule has 2 atom stereocenters. The van der Waals surface area contributed by atoms with Crippen molar-refractivity contribution in [3.8, 4) is 5.75 Å². The van der Waals surface area contributed by atoms with Crippen LogP contribution in [-0.2, 0) is 0 Å². The molecular formula is C13H18BF3NO-. The normalized spacial score (nSPS) is 24.2. The quantitative estimate of drug-likeness (QED) is 0.783. The van der Waals surface area contributed by atoms with Crippen molar-refractivity contribution in [3.05, 3.63) is 18.5 Å². The van der Waals surface area contributed by atoms with Crippen LogP contribution in [0.2, 0.25) is 0 Å². The van der Waals surface area contributed by atoms with E-state index in [0.717, 1.165) is 37.9 Å². The first-order valence-corrected chi connectivity index (χ1v) is 6.82. The maximum absolute atomic E-state index is 12.7. The highest BCUT2D eigenvalue weighted by Crippen LogP contribution is 2.30. The molecule has 1 aliphatic rings. The van der Waals surface area contributed by atoms with Crippen molar-refractivity contribution in [1.29, 1.82) is 0 Å². The zero-order chi connectivity index (χ0) is 13.9. The van der Waals surface area contributed by atoms with Crippen LogP contribution in [0.1, 0.15) is 39.0 Å². The number of pyridine rings is 1. The molecule has 106 valence electrons. The van der Waals surface area contributed by atoms with E-state index in [9.17, 15) is 12.9 Å². The monoisotopic (exact) mass is 272 g/mol. The number of nitrogens with zero attached hydrogens (tertiary/aromatic N) is 1. The molecular weight excluding hydrogens is 254 g/mol. The Hall–Kier alpha value is -1.20. The minimum atomic E-state index is -5.01. The Bertz CT molecular complexity index is 425. The largest absolute Gasteiger partial charge is 0.511 e. The van der Waals surface area contributed by atoms with Gasteiger partial charge in [-0.15, -0.1) is 0 Å². The van der Waals surface area contributed by atoms with E-state index >= 15 is 0 Å². The van der Waals surface area contributed by atoms with Crippen LogP contribution >= 0.6 is 0 Å². The number of halogens is 3. The molecule has 1 aromatic rings. The van der Waals surface area contributed by atoms with Gasteiger partial charge in [0.05, 0.1) is 6.20 Å². The summed E-state index contributed by atoms with van der Waals surface area (Å²) in [6.45, 7) is -2.92. The Morgan fingerprint density at radius 2 is 2.00 bits per heavy atom. The van der Waals surface area contributed by atoms with E-state index in [1.165, 1.54) is 12.6 Å². The summed E-state index contributed by atoms with van der Waals surface area (Å²) in [4.78, 5) is 3.64. The highest BCUT2D eigenvalue weighted by atomic mass is 19.4. The molecule has 2 unspecified atom stereocenters. The summed E-state index contributed by atoms with van der Waals surface area (Å²) in [6, 6.07) is 1.06. The summed E-state index contributed by atoms with van der Waals surface area (Å²) >= 11 is 0. The average molecular weight is 272 g/mol. The lowest BCUT2D eigenvalue weighted by molar-refractivity contribution is 0.0901. The van der Waals surface area contributed by atoms with Crippen LogP contribution in [0.5, 0.6) is 5.75 Å². The highest BCUT2D eigenvalue weighted by Gasteiger charge is 2.28. The van der Waals surface area contributed by atoms with Crippen LogP contribution in [0.25, 0.3) is 0 Å². The molecule has 0 aromatic carbocycles. The molecule has 1 saturated carbocycles. The van der Waals surface area contributed by atoms with Gasteiger partial charge in [0.2, 0.25) is 0 Å². The second kappa shape index (κ2) is 5.84. The molecule has 1 aliphatic carbocycles. The lowest BCUT2D eigenvalue weighted by atomic mass is 9.81. The van der Waals surface area contributed by atoms with Gasteiger partial charge in [-0.05, 0) is 37.7 Å². The molecule has 2 rings (SSSR count). The van der Waals surface area contributed by atoms with Crippen molar-refractivity contribution in [1.82, 2.24) is 4.98 Å². The molecule has 1 fully saturated rings. The number of hydrogen-bond donors (Lipinski definition) is 0. The Labute approximate surface area is 111 Å². The predicted molar refractivity (Wildman–Crippen MR) is 69.6 cm³/mol. The summed E-state index contributed by atoms with van der Waals surface area (Å²) in [7, 11) is 0. The molecule has 6 heteroatoms. The summed E-state index contributed by atoms with van der Waals surface area (Å²) in [5.41, 5.74) is -0.693. The molecule has 0 N–H and O–H groups in total. The van der Waals surface area contributed by atoms with Gasteiger partial charge in [-0.1, -0.05) is 18.8 Å². The SMILES string of the molecule is CCC1CCCCC1Oc1cncc([B-](F)(F)F)c1. The number of hydrogen-bond acceptors (Lipinski definition) is 2. The van der Waals surface area contributed by atoms with Gasteiger partial charge >= 0.3 is 6.98 Å². The van der Waals surface area contributed by atoms with Crippen LogP contribution < -0.4 is 10.2 Å². The molecule has 0 aliphatic heterocycles. The Morgan fingerprint density at radius 1 is 1.26 bits per heavy atom. The van der Waals surface area contributed by atoms with E-state index in [4.69, 9.17) is 4.74 Å². The Balaban J connectivity index is 2.10. The predicted octanol–water partition coefficient (Wildman–Crippen LogP) is 3.48. The van der Waals surface area contributed by atoms with Crippen LogP contribution in [0.3, 0.4) is 0 Å². The van der Waals surface area contributed by atoms with E-state index in [0.29, 0.717) is 5.92 Å². The topological polar surface area (TPSA) is 22.1 Å². The van der Waals surface area contributed by atoms with Gasteiger partial charge in [-0.25, -0.2) is 0 Å². The van der Waals surface area contributed by atoms with E-state index < -0.39 is 12.4 Å². The smallest absolute Gasteiger partial charge is 0.489 e. The molecule has 0 spiro atoms. The number of rotatable bonds is 4. The van der Waals surface area contributed by atoms with Gasteiger partial charge in [-0.2, -0.15) is 0 Å². The molecule has 0 radical (unpaired) electrons. The third kappa shape index (κ3) is 3.64. The molecule has 0 amide bonds. The first kappa shape index (κ1) is 14.2. The highest BCUT2D eigenvalue weighted by molar-refractivity contribution is 6.73. The van der Waals surface area contributed by atoms with Crippen molar-refractivity contribution in [2.75, 3.05) is 0 Å². The van der Waals surface area contributed by atoms with Gasteiger partial charge in [0.15, 0.2) is 0 Å². The zero-order valence-corrected chi connectivity index (χ0v) is 11.0. The van der Waals surface area contributed by atoms with E-state index in [2.05, 4.69) is 11.9 Å². The molecule has 0 bridgehead atoms. The minimum Gasteiger partial charge on any atom is -0.489 e. The molecule has 1 aromatic heterocycles. The van der Waals surface area contributed by atoms with Crippen molar-refractivity contribution < 1.29 is 17.7 Å². The first-order chi connectivity index (χ1) is 9.00. The summed E-state index contributed by atoms with van der Waals surface area (Å²) in [5.74, 6) is 0.677. The molecule has 2 nitrogen and oxygen atoms in total. The Kier molecular flexibility index (Phi) is 4.37. The fraction of sp³-hybridized carbons (Fsp3) is 0.615. The standard InChI is InChI=1S/C13H18BF3NO/c1-2-10-5-3-4-6-13(10)19-12-7-11(8-18-9-12)14(15,16)17/h7-10,13H,2-6H2,1H3/q-1. The van der Waals surface area contributed by atoms with Crippen molar-refractivity contribution in [2.45, 2.75) is 45.1 Å². The Morgan fingerprint density at radius 3 is 2.68 bits per heavy atom. The van der Waals surface area contributed by atoms with Gasteiger partial charge in [0.1, 0.15) is 11.9 Å². The third-order valence-electron chi connectivity index (χ3n) is 3.76. The van der Waals surface area contributed by atoms with E-state index in [1.54, 1.807) is 0 Å². The third-order valence-corrected chi connectivity index (χ3v) is 3.76. The van der Waals surface area contributed by atoms with Crippen LogP contribution in [0.4, 0.5) is 12.9 Å². The zero-order valence-electron chi connectivity index (χ0n) is 11.0. The van der Waals surface area contributed by atoms with Gasteiger partial charge in [-0.3, -0.25) is 4.98 Å². The van der Waals surface area contributed by atoms with Gasteiger partial charge in [0, 0.05) is 6.20 Å². The van der Waals surface area contributed by atoms with Crippen LogP contribution in [0.15, 0.2) is 18.5 Å². The second-order valence-corrected chi connectivity index (χ2v) is 5.14. The van der Waals surface area contributed by atoms with E-state index in [1.807, 2.05) is 0 Å². The maximum atomic E-state index is 12.7. The molecule has 19 heavy (non-hydrogen) atoms. The maximum Gasteiger partial charge on any atom is 0.511 e. The average Bonchev–Trinajstić information content (AvgIpc) is 2.39. The molecule has 1 heterocycles. The van der Waals surface area contributed by atoms with Crippen LogP contribution in [-0.4, -0.2) is 18.1 Å². The fourth-order valence-corrected chi connectivity index (χ4v) is 2.65. The first-order valence-electron chi connectivity index (χ1n) is 6.82. The number of aromatic nitrogens is 1. The van der Waals surface area contributed by atoms with Crippen molar-refractivity contribution in [2.24, 2.45) is 5.92 Å². The van der Waals surface area contributed by atoms with Gasteiger partial charge in [0.25, 0.3) is 0 Å². The van der Waals surface area contributed by atoms with Crippen molar-refractivity contribution in [3.63, 3.8) is 0 Å². The second-order valence-electron chi connectivity index (χ2n) is 5.14. The molecule has 0 saturated heterocycles. The summed E-state index contributed by atoms with van der Waals surface area (Å²) < 4.78 is 43.7. The number of ether oxygens (including phenoxy) is 1. The summed E-state index contributed by atoms with van der Waals surface area (Å²) in [5, 5.41) is 0. The van der Waals surface area contributed by atoms with E-state index in [-0.39, 0.29) is 11.9 Å². The minimum absolute atomic E-state index is 0.0246. The lowest BCUT2D eigenvalue weighted by Crippen LogP contribution is -2.35. The summed E-state index contributed by atoms with van der Waals surface area (Å²) in [6.07, 6.45) is 7.52. The van der Waals surface area contributed by atoms with Crippen LogP contribution in [0, 0.1) is 5.92 Å².